The number of nitrogens with zero attached hydrogens (tertiary/aromatic N) is 3. The molecule has 8 nitrogen and oxygen atoms in total. The predicted molar refractivity (Wildman–Crippen MR) is 152 cm³/mol. The number of rotatable bonds is 13. The SMILES string of the molecule is CCCCN(CCCC)S(=O)(=O)c1ccc(C(=O)N(CC2CCCO2)c2nc3c(OC)cccc3s2)cc1. The maximum Gasteiger partial charge on any atom is 0.260 e. The number of fused-ring (bicyclic) bond motifs is 1. The van der Waals surface area contributed by atoms with Crippen molar-refractivity contribution in [1.29, 1.82) is 0 Å². The number of para-hydroxylation sites is 1. The highest BCUT2D eigenvalue weighted by Crippen LogP contribution is 2.35. The average molecular weight is 560 g/mol. The molecule has 10 heteroatoms. The molecule has 206 valence electrons. The molecule has 2 aromatic carbocycles. The smallest absolute Gasteiger partial charge is 0.260 e. The first-order valence-corrected chi connectivity index (χ1v) is 15.6. The highest BCUT2D eigenvalue weighted by molar-refractivity contribution is 7.89. The lowest BCUT2D eigenvalue weighted by molar-refractivity contribution is 0.0917. The van der Waals surface area contributed by atoms with Crippen LogP contribution in [0.2, 0.25) is 0 Å². The summed E-state index contributed by atoms with van der Waals surface area (Å²) in [5.41, 5.74) is 1.11. The van der Waals surface area contributed by atoms with E-state index in [1.807, 2.05) is 18.2 Å². The average Bonchev–Trinajstić information content (AvgIpc) is 3.61. The molecule has 3 aromatic rings. The van der Waals surface area contributed by atoms with Gasteiger partial charge in [-0.05, 0) is 62.1 Å². The van der Waals surface area contributed by atoms with Crippen molar-refractivity contribution < 1.29 is 22.7 Å². The minimum atomic E-state index is -3.64. The van der Waals surface area contributed by atoms with E-state index in [4.69, 9.17) is 14.5 Å². The summed E-state index contributed by atoms with van der Waals surface area (Å²) in [4.78, 5) is 20.4. The Morgan fingerprint density at radius 1 is 1.11 bits per heavy atom. The van der Waals surface area contributed by atoms with Gasteiger partial charge in [0.25, 0.3) is 5.91 Å². The third-order valence-corrected chi connectivity index (χ3v) is 9.69. The molecule has 1 aliphatic rings. The first-order chi connectivity index (χ1) is 18.4. The molecule has 1 aromatic heterocycles. The number of sulfonamides is 1. The van der Waals surface area contributed by atoms with Crippen LogP contribution in [0.1, 0.15) is 62.7 Å². The number of ether oxygens (including phenoxy) is 2. The van der Waals surface area contributed by atoms with Crippen molar-refractivity contribution in [3.05, 3.63) is 48.0 Å². The first-order valence-electron chi connectivity index (χ1n) is 13.4. The van der Waals surface area contributed by atoms with Crippen molar-refractivity contribution in [1.82, 2.24) is 9.29 Å². The topological polar surface area (TPSA) is 89.0 Å². The fourth-order valence-electron chi connectivity index (χ4n) is 4.53. The van der Waals surface area contributed by atoms with E-state index < -0.39 is 10.0 Å². The van der Waals surface area contributed by atoms with Crippen LogP contribution in [0.4, 0.5) is 5.13 Å². The third-order valence-electron chi connectivity index (χ3n) is 6.74. The molecule has 1 atom stereocenters. The standard InChI is InChI=1S/C28H37N3O5S2/c1-4-6-17-30(18-7-5-2)38(33,34)23-15-13-21(14-16-23)27(32)31(20-22-10-9-19-36-22)28-29-26-24(35-3)11-8-12-25(26)37-28/h8,11-16,22H,4-7,9-10,17-20H2,1-3H3. The summed E-state index contributed by atoms with van der Waals surface area (Å²) in [5.74, 6) is 0.413. The van der Waals surface area contributed by atoms with Gasteiger partial charge in [-0.25, -0.2) is 13.4 Å². The fraction of sp³-hybridized carbons (Fsp3) is 0.500. The monoisotopic (exact) mass is 559 g/mol. The van der Waals surface area contributed by atoms with E-state index in [2.05, 4.69) is 13.8 Å². The van der Waals surface area contributed by atoms with E-state index in [9.17, 15) is 13.2 Å². The number of hydrogen-bond donors (Lipinski definition) is 0. The summed E-state index contributed by atoms with van der Waals surface area (Å²) in [5, 5.41) is 0.562. The van der Waals surface area contributed by atoms with Gasteiger partial charge in [0.2, 0.25) is 10.0 Å². The lowest BCUT2D eigenvalue weighted by Gasteiger charge is -2.24. The largest absolute Gasteiger partial charge is 0.494 e. The summed E-state index contributed by atoms with van der Waals surface area (Å²) in [7, 11) is -2.04. The van der Waals surface area contributed by atoms with E-state index in [-0.39, 0.29) is 16.9 Å². The van der Waals surface area contributed by atoms with Gasteiger partial charge in [0, 0.05) is 25.3 Å². The van der Waals surface area contributed by atoms with Crippen molar-refractivity contribution in [3.63, 3.8) is 0 Å². The molecular formula is C28H37N3O5S2. The Bertz CT molecular complexity index is 1310. The number of hydrogen-bond acceptors (Lipinski definition) is 7. The van der Waals surface area contributed by atoms with E-state index >= 15 is 0 Å². The van der Waals surface area contributed by atoms with Gasteiger partial charge in [-0.3, -0.25) is 9.69 Å². The molecule has 1 amide bonds. The van der Waals surface area contributed by atoms with Crippen molar-refractivity contribution >= 4 is 42.6 Å². The Balaban J connectivity index is 1.62. The predicted octanol–water partition coefficient (Wildman–Crippen LogP) is 5.72. The van der Waals surface area contributed by atoms with Crippen molar-refractivity contribution in [3.8, 4) is 5.75 Å². The van der Waals surface area contributed by atoms with E-state index in [1.165, 1.54) is 11.3 Å². The molecule has 4 rings (SSSR count). The number of amides is 1. The molecule has 0 saturated carbocycles. The van der Waals surface area contributed by atoms with Gasteiger partial charge in [-0.2, -0.15) is 4.31 Å². The Morgan fingerprint density at radius 3 is 2.42 bits per heavy atom. The minimum absolute atomic E-state index is 0.0711. The van der Waals surface area contributed by atoms with Gasteiger partial charge in [0.15, 0.2) is 5.13 Å². The minimum Gasteiger partial charge on any atom is -0.494 e. The lowest BCUT2D eigenvalue weighted by Crippen LogP contribution is -2.37. The van der Waals surface area contributed by atoms with Gasteiger partial charge >= 0.3 is 0 Å². The number of thiazole rings is 1. The number of benzene rings is 2. The van der Waals surface area contributed by atoms with E-state index in [1.54, 1.807) is 40.6 Å². The molecule has 0 spiro atoms. The Hall–Kier alpha value is -2.53. The quantitative estimate of drug-likeness (QED) is 0.266. The number of carbonyl (C=O) groups excluding carboxylic acids is 1. The number of unbranched alkanes of at least 4 members (excludes halogenated alkanes) is 2. The van der Waals surface area contributed by atoms with Gasteiger partial charge in [0.05, 0.1) is 29.4 Å². The maximum absolute atomic E-state index is 13.8. The van der Waals surface area contributed by atoms with Crippen LogP contribution in [-0.4, -0.2) is 63.1 Å². The zero-order chi connectivity index (χ0) is 27.1. The van der Waals surface area contributed by atoms with Crippen LogP contribution in [-0.2, 0) is 14.8 Å². The zero-order valence-electron chi connectivity index (χ0n) is 22.4. The lowest BCUT2D eigenvalue weighted by atomic mass is 10.2. The number of anilines is 1. The number of aromatic nitrogens is 1. The Kier molecular flexibility index (Phi) is 9.75. The molecule has 0 radical (unpaired) electrons. The summed E-state index contributed by atoms with van der Waals surface area (Å²) in [6.45, 7) is 6.15. The molecular weight excluding hydrogens is 522 g/mol. The van der Waals surface area contributed by atoms with Gasteiger partial charge in [0.1, 0.15) is 11.3 Å². The van der Waals surface area contributed by atoms with Crippen LogP contribution < -0.4 is 9.64 Å². The number of methoxy groups -OCH3 is 1. The summed E-state index contributed by atoms with van der Waals surface area (Å²) < 4.78 is 40.5. The van der Waals surface area contributed by atoms with E-state index in [0.29, 0.717) is 48.2 Å². The molecule has 1 fully saturated rings. The van der Waals surface area contributed by atoms with Crippen LogP contribution in [0.5, 0.6) is 5.75 Å². The molecule has 0 bridgehead atoms. The van der Waals surface area contributed by atoms with E-state index in [0.717, 1.165) is 43.2 Å². The second-order valence-corrected chi connectivity index (χ2v) is 12.4. The molecule has 0 N–H and O–H groups in total. The van der Waals surface area contributed by atoms with Crippen LogP contribution >= 0.6 is 11.3 Å². The maximum atomic E-state index is 13.8. The highest BCUT2D eigenvalue weighted by Gasteiger charge is 2.29. The molecule has 1 aliphatic heterocycles. The molecule has 1 unspecified atom stereocenters. The van der Waals surface area contributed by atoms with Crippen molar-refractivity contribution in [2.75, 3.05) is 38.3 Å². The van der Waals surface area contributed by atoms with Gasteiger partial charge < -0.3 is 9.47 Å². The number of carbonyl (C=O) groups is 1. The summed E-state index contributed by atoms with van der Waals surface area (Å²) >= 11 is 1.42. The highest BCUT2D eigenvalue weighted by atomic mass is 32.2. The van der Waals surface area contributed by atoms with Gasteiger partial charge in [-0.1, -0.05) is 44.1 Å². The van der Waals surface area contributed by atoms with Crippen LogP contribution in [0.3, 0.4) is 0 Å². The molecule has 1 saturated heterocycles. The molecule has 2 heterocycles. The Labute approximate surface area is 229 Å². The first kappa shape index (κ1) is 28.5. The van der Waals surface area contributed by atoms with Crippen molar-refractivity contribution in [2.24, 2.45) is 0 Å². The zero-order valence-corrected chi connectivity index (χ0v) is 24.0. The van der Waals surface area contributed by atoms with Crippen LogP contribution in [0, 0.1) is 0 Å². The van der Waals surface area contributed by atoms with Crippen LogP contribution in [0.15, 0.2) is 47.4 Å². The summed E-state index contributed by atoms with van der Waals surface area (Å²) in [6.07, 6.45) is 5.22. The normalized spacial score (nSPS) is 15.8. The second-order valence-electron chi connectivity index (χ2n) is 9.49. The fourth-order valence-corrected chi connectivity index (χ4v) is 7.03. The Morgan fingerprint density at radius 2 is 1.82 bits per heavy atom. The molecule has 0 aliphatic carbocycles. The van der Waals surface area contributed by atoms with Crippen molar-refractivity contribution in [2.45, 2.75) is 63.4 Å². The third kappa shape index (κ3) is 6.36. The molecule has 38 heavy (non-hydrogen) atoms. The second kappa shape index (κ2) is 13.0. The van der Waals surface area contributed by atoms with Crippen LogP contribution in [0.25, 0.3) is 10.2 Å². The van der Waals surface area contributed by atoms with Gasteiger partial charge in [-0.15, -0.1) is 0 Å². The summed E-state index contributed by atoms with van der Waals surface area (Å²) in [6, 6.07) is 12.0.